The number of benzene rings is 2. The Labute approximate surface area is 225 Å². The number of carboxylic acids is 1. The lowest BCUT2D eigenvalue weighted by atomic mass is 9.98. The molecule has 0 spiro atoms. The Balaban J connectivity index is 1.74. The van der Waals surface area contributed by atoms with Crippen molar-refractivity contribution in [2.24, 2.45) is 5.92 Å². The van der Waals surface area contributed by atoms with Gasteiger partial charge in [-0.1, -0.05) is 68.4 Å². The molecule has 0 unspecified atom stereocenters. The molecule has 0 bridgehead atoms. The van der Waals surface area contributed by atoms with Crippen LogP contribution in [0.5, 0.6) is 0 Å². The number of nitrogens with one attached hydrogen (secondary N) is 1. The Kier molecular flexibility index (Phi) is 9.31. The molecule has 8 heteroatoms. The quantitative estimate of drug-likeness (QED) is 0.403. The van der Waals surface area contributed by atoms with Gasteiger partial charge in [-0.15, -0.1) is 0 Å². The number of urea groups is 1. The molecule has 0 aromatic heterocycles. The Bertz CT molecular complexity index is 1140. The normalized spacial score (nSPS) is 16.6. The maximum Gasteiger partial charge on any atom is 0.328 e. The topological polar surface area (TPSA) is 107 Å². The highest BCUT2D eigenvalue weighted by Gasteiger charge is 2.54. The number of hydrogen-bond donors (Lipinski definition) is 2. The highest BCUT2D eigenvalue weighted by atomic mass is 16.4. The molecule has 2 atom stereocenters. The summed E-state index contributed by atoms with van der Waals surface area (Å²) in [5, 5.41) is 11.7. The molecule has 1 saturated heterocycles. The molecule has 1 fully saturated rings. The zero-order valence-corrected chi connectivity index (χ0v) is 22.9. The molecular weight excluding hydrogens is 482 g/mol. The van der Waals surface area contributed by atoms with Gasteiger partial charge in [0.25, 0.3) is 5.91 Å². The van der Waals surface area contributed by atoms with E-state index in [1.807, 2.05) is 56.3 Å². The second-order valence-corrected chi connectivity index (χ2v) is 11.1. The number of imide groups is 1. The zero-order valence-electron chi connectivity index (χ0n) is 22.9. The van der Waals surface area contributed by atoms with Crippen LogP contribution in [0.25, 0.3) is 0 Å². The number of aryl methyl sites for hydroxylation is 2. The van der Waals surface area contributed by atoms with Crippen molar-refractivity contribution < 1.29 is 24.3 Å². The summed E-state index contributed by atoms with van der Waals surface area (Å²) in [6, 6.07) is 16.2. The van der Waals surface area contributed by atoms with E-state index in [0.717, 1.165) is 23.3 Å². The monoisotopic (exact) mass is 521 g/mol. The van der Waals surface area contributed by atoms with Crippen molar-refractivity contribution >= 4 is 23.8 Å². The first-order valence-corrected chi connectivity index (χ1v) is 13.2. The highest BCUT2D eigenvalue weighted by molar-refractivity contribution is 6.09. The first-order chi connectivity index (χ1) is 17.9. The third-order valence-corrected chi connectivity index (χ3v) is 6.94. The third-order valence-electron chi connectivity index (χ3n) is 6.94. The number of carbonyl (C=O) groups excluding carboxylic acids is 3. The van der Waals surface area contributed by atoms with Crippen LogP contribution in [0.1, 0.15) is 64.2 Å². The van der Waals surface area contributed by atoms with E-state index < -0.39 is 41.4 Å². The van der Waals surface area contributed by atoms with Gasteiger partial charge in [-0.2, -0.15) is 0 Å². The van der Waals surface area contributed by atoms with E-state index in [4.69, 9.17) is 5.11 Å². The molecule has 38 heavy (non-hydrogen) atoms. The number of carboxylic acid groups (broad SMARTS) is 1. The average Bonchev–Trinajstić information content (AvgIpc) is 3.01. The fourth-order valence-corrected chi connectivity index (χ4v) is 4.76. The second kappa shape index (κ2) is 12.2. The van der Waals surface area contributed by atoms with Crippen LogP contribution in [0.4, 0.5) is 4.79 Å². The van der Waals surface area contributed by atoms with Crippen molar-refractivity contribution in [3.63, 3.8) is 0 Å². The minimum absolute atomic E-state index is 0.0294. The number of carbonyl (C=O) groups is 4. The van der Waals surface area contributed by atoms with Gasteiger partial charge in [0.05, 0.1) is 6.42 Å². The van der Waals surface area contributed by atoms with Gasteiger partial charge in [0, 0.05) is 12.6 Å². The van der Waals surface area contributed by atoms with Gasteiger partial charge < -0.3 is 15.3 Å². The number of aliphatic carboxylic acids is 1. The van der Waals surface area contributed by atoms with Crippen LogP contribution in [0.15, 0.2) is 54.6 Å². The molecule has 204 valence electrons. The van der Waals surface area contributed by atoms with E-state index in [-0.39, 0.29) is 25.3 Å². The smallest absolute Gasteiger partial charge is 0.328 e. The summed E-state index contributed by atoms with van der Waals surface area (Å²) in [4.78, 5) is 53.9. The zero-order chi connectivity index (χ0) is 28.0. The van der Waals surface area contributed by atoms with E-state index in [1.165, 1.54) is 16.0 Å². The van der Waals surface area contributed by atoms with Gasteiger partial charge in [-0.3, -0.25) is 14.4 Å². The number of rotatable bonds is 12. The fourth-order valence-electron chi connectivity index (χ4n) is 4.76. The van der Waals surface area contributed by atoms with Crippen LogP contribution in [0, 0.1) is 5.92 Å². The molecular formula is C30H39N3O5. The molecule has 1 aliphatic heterocycles. The minimum Gasteiger partial charge on any atom is -0.481 e. The van der Waals surface area contributed by atoms with E-state index >= 15 is 0 Å². The maximum atomic E-state index is 13.6. The van der Waals surface area contributed by atoms with Crippen LogP contribution in [0.2, 0.25) is 0 Å². The highest BCUT2D eigenvalue weighted by Crippen LogP contribution is 2.32. The molecule has 0 saturated carbocycles. The van der Waals surface area contributed by atoms with E-state index in [1.54, 1.807) is 20.8 Å². The maximum absolute atomic E-state index is 13.6. The second-order valence-electron chi connectivity index (χ2n) is 11.1. The summed E-state index contributed by atoms with van der Waals surface area (Å²) in [6.07, 6.45) is 1.87. The molecule has 3 rings (SSSR count). The average molecular weight is 522 g/mol. The molecule has 0 radical (unpaired) electrons. The molecule has 0 aliphatic carbocycles. The summed E-state index contributed by atoms with van der Waals surface area (Å²) in [7, 11) is 0. The Morgan fingerprint density at radius 2 is 1.45 bits per heavy atom. The molecule has 2 N–H and O–H groups in total. The molecule has 4 amide bonds. The Morgan fingerprint density at radius 1 is 0.895 bits per heavy atom. The van der Waals surface area contributed by atoms with E-state index in [2.05, 4.69) is 17.4 Å². The SMILES string of the molecule is CC(C)C[C@@H](C(=O)N[C@H](C)CC(=O)O)N1C(=O)N(Cc2ccc(CCc3ccccc3)cc2)C(C)(C)C1=O. The van der Waals surface area contributed by atoms with Gasteiger partial charge in [-0.25, -0.2) is 9.69 Å². The van der Waals surface area contributed by atoms with Gasteiger partial charge in [0.15, 0.2) is 0 Å². The number of hydrogen-bond acceptors (Lipinski definition) is 4. The summed E-state index contributed by atoms with van der Waals surface area (Å²) in [5.41, 5.74) is 2.22. The van der Waals surface area contributed by atoms with Crippen LogP contribution in [-0.2, 0) is 33.8 Å². The van der Waals surface area contributed by atoms with Crippen LogP contribution < -0.4 is 5.32 Å². The molecule has 2 aromatic carbocycles. The van der Waals surface area contributed by atoms with Crippen LogP contribution in [-0.4, -0.2) is 56.3 Å². The van der Waals surface area contributed by atoms with Gasteiger partial charge in [0.1, 0.15) is 11.6 Å². The number of amides is 4. The van der Waals surface area contributed by atoms with Crippen LogP contribution >= 0.6 is 0 Å². The van der Waals surface area contributed by atoms with Crippen molar-refractivity contribution in [3.8, 4) is 0 Å². The van der Waals surface area contributed by atoms with Gasteiger partial charge >= 0.3 is 12.0 Å². The lowest BCUT2D eigenvalue weighted by molar-refractivity contribution is -0.140. The largest absolute Gasteiger partial charge is 0.481 e. The first kappa shape index (κ1) is 28.9. The van der Waals surface area contributed by atoms with E-state index in [9.17, 15) is 19.2 Å². The molecule has 1 heterocycles. The number of nitrogens with zero attached hydrogens (tertiary/aromatic N) is 2. The lowest BCUT2D eigenvalue weighted by Gasteiger charge is -2.28. The first-order valence-electron chi connectivity index (χ1n) is 13.2. The summed E-state index contributed by atoms with van der Waals surface area (Å²) in [6.45, 7) is 9.03. The summed E-state index contributed by atoms with van der Waals surface area (Å²) >= 11 is 0. The van der Waals surface area contributed by atoms with E-state index in [0.29, 0.717) is 0 Å². The summed E-state index contributed by atoms with van der Waals surface area (Å²) < 4.78 is 0. The lowest BCUT2D eigenvalue weighted by Crippen LogP contribution is -2.53. The molecule has 2 aromatic rings. The fraction of sp³-hybridized carbons (Fsp3) is 0.467. The van der Waals surface area contributed by atoms with Gasteiger partial charge in [0.2, 0.25) is 5.91 Å². The molecule has 8 nitrogen and oxygen atoms in total. The molecule has 1 aliphatic rings. The van der Waals surface area contributed by atoms with Crippen molar-refractivity contribution in [3.05, 3.63) is 71.3 Å². The van der Waals surface area contributed by atoms with Gasteiger partial charge in [-0.05, 0) is 62.6 Å². The van der Waals surface area contributed by atoms with Crippen molar-refractivity contribution in [1.29, 1.82) is 0 Å². The van der Waals surface area contributed by atoms with Crippen LogP contribution in [0.3, 0.4) is 0 Å². The standard InChI is InChI=1S/C30H39N3O5/c1-20(2)17-25(27(36)31-21(3)18-26(34)35)33-28(37)30(4,5)32(29(33)38)19-24-15-13-23(14-16-24)12-11-22-9-7-6-8-10-22/h6-10,13-16,20-21,25H,11-12,17-19H2,1-5H3,(H,31,36)(H,34,35)/t21-,25+/m1/s1. The predicted octanol–water partition coefficient (Wildman–Crippen LogP) is 4.41. The Hall–Kier alpha value is -3.68. The van der Waals surface area contributed by atoms with Crippen molar-refractivity contribution in [2.75, 3.05) is 0 Å². The summed E-state index contributed by atoms with van der Waals surface area (Å²) in [5.74, 6) is -1.96. The Morgan fingerprint density at radius 3 is 2.00 bits per heavy atom. The van der Waals surface area contributed by atoms with Crippen molar-refractivity contribution in [2.45, 2.75) is 84.5 Å². The minimum atomic E-state index is -1.13. The predicted molar refractivity (Wildman–Crippen MR) is 145 cm³/mol. The van der Waals surface area contributed by atoms with Crippen molar-refractivity contribution in [1.82, 2.24) is 15.1 Å². The third kappa shape index (κ3) is 7.00.